The first-order valence-electron chi connectivity index (χ1n) is 7.44. The third-order valence-electron chi connectivity index (χ3n) is 3.58. The highest BCUT2D eigenvalue weighted by Crippen LogP contribution is 2.34. The van der Waals surface area contributed by atoms with Gasteiger partial charge in [0.1, 0.15) is 15.6 Å². The molecule has 0 radical (unpaired) electrons. The number of thiophene rings is 1. The molecule has 0 aliphatic heterocycles. The van der Waals surface area contributed by atoms with Crippen molar-refractivity contribution in [2.45, 2.75) is 6.92 Å². The van der Waals surface area contributed by atoms with Crippen molar-refractivity contribution in [3.63, 3.8) is 0 Å². The van der Waals surface area contributed by atoms with E-state index in [1.807, 2.05) is 5.32 Å². The number of rotatable bonds is 4. The molecule has 156 valence electrons. The van der Waals surface area contributed by atoms with E-state index < -0.39 is 51.8 Å². The van der Waals surface area contributed by atoms with Crippen molar-refractivity contribution in [1.29, 1.82) is 0 Å². The second-order valence-electron chi connectivity index (χ2n) is 5.27. The van der Waals surface area contributed by atoms with Gasteiger partial charge in [-0.3, -0.25) is 0 Å². The van der Waals surface area contributed by atoms with Crippen LogP contribution in [0.3, 0.4) is 0 Å². The van der Waals surface area contributed by atoms with E-state index in [1.54, 1.807) is 0 Å². The van der Waals surface area contributed by atoms with E-state index in [0.29, 0.717) is 11.3 Å². The van der Waals surface area contributed by atoms with Gasteiger partial charge in [0.15, 0.2) is 28.4 Å². The average molecular weight is 454 g/mol. The molecular weight excluding hydrogens is 443 g/mol. The van der Waals surface area contributed by atoms with Crippen LogP contribution in [0.2, 0.25) is 0 Å². The highest BCUT2D eigenvalue weighted by atomic mass is 32.1. The molecule has 0 saturated carbocycles. The lowest BCUT2D eigenvalue weighted by atomic mass is 10.1. The zero-order valence-corrected chi connectivity index (χ0v) is 16.5. The van der Waals surface area contributed by atoms with Gasteiger partial charge >= 0.3 is 11.9 Å². The summed E-state index contributed by atoms with van der Waals surface area (Å²) in [6.07, 6.45) is 0. The Kier molecular flexibility index (Phi) is 6.74. The molecule has 2 aromatic rings. The van der Waals surface area contributed by atoms with Crippen LogP contribution in [0.1, 0.15) is 25.6 Å². The molecule has 0 spiro atoms. The molecule has 0 unspecified atom stereocenters. The Morgan fingerprint density at radius 2 is 1.34 bits per heavy atom. The highest BCUT2D eigenvalue weighted by molar-refractivity contribution is 7.80. The summed E-state index contributed by atoms with van der Waals surface area (Å²) in [4.78, 5) is 23.9. The summed E-state index contributed by atoms with van der Waals surface area (Å²) in [6, 6.07) is 0. The van der Waals surface area contributed by atoms with E-state index in [0.717, 1.165) is 14.2 Å². The smallest absolute Gasteiger partial charge is 0.348 e. The van der Waals surface area contributed by atoms with E-state index in [4.69, 9.17) is 12.2 Å². The summed E-state index contributed by atoms with van der Waals surface area (Å²) < 4.78 is 76.5. The third kappa shape index (κ3) is 4.15. The molecule has 0 bridgehead atoms. The van der Waals surface area contributed by atoms with Crippen molar-refractivity contribution < 1.29 is 41.0 Å². The fourth-order valence-electron chi connectivity index (χ4n) is 2.20. The molecule has 29 heavy (non-hydrogen) atoms. The first kappa shape index (κ1) is 22.5. The molecule has 0 saturated heterocycles. The number of nitrogens with one attached hydrogen (secondary N) is 2. The second kappa shape index (κ2) is 8.69. The van der Waals surface area contributed by atoms with E-state index in [9.17, 15) is 31.5 Å². The standard InChI is InChI=1S/C16H11F5N2O4S2/c1-4-5(14(24)26-2)13(29-12(4)15(25)27-3)23-16(28)22-11-9(20)7(18)6(17)8(19)10(11)21/h1-3H3,(H2,22,23,28). The Morgan fingerprint density at radius 3 is 1.83 bits per heavy atom. The number of thiocarbonyl (C=S) groups is 1. The fraction of sp³-hybridized carbons (Fsp3) is 0.188. The SMILES string of the molecule is COC(=O)c1sc(NC(=S)Nc2c(F)c(F)c(F)c(F)c2F)c(C(=O)OC)c1C. The zero-order chi connectivity index (χ0) is 22.0. The van der Waals surface area contributed by atoms with Crippen molar-refractivity contribution >= 4 is 51.3 Å². The predicted octanol–water partition coefficient (Wildman–Crippen LogP) is 4.13. The van der Waals surface area contributed by atoms with Crippen molar-refractivity contribution in [3.05, 3.63) is 45.1 Å². The Balaban J connectivity index is 2.42. The van der Waals surface area contributed by atoms with Crippen LogP contribution >= 0.6 is 23.6 Å². The maximum atomic E-state index is 13.8. The summed E-state index contributed by atoms with van der Waals surface area (Å²) in [5.41, 5.74) is -1.34. The minimum absolute atomic E-state index is 0.00873. The molecule has 6 nitrogen and oxygen atoms in total. The van der Waals surface area contributed by atoms with Gasteiger partial charge in [-0.1, -0.05) is 0 Å². The Morgan fingerprint density at radius 1 is 0.862 bits per heavy atom. The molecule has 1 heterocycles. The maximum absolute atomic E-state index is 13.8. The normalized spacial score (nSPS) is 10.5. The molecule has 0 aliphatic rings. The number of benzene rings is 1. The molecule has 0 fully saturated rings. The lowest BCUT2D eigenvalue weighted by Gasteiger charge is -2.13. The Bertz CT molecular complexity index is 996. The molecule has 2 N–H and O–H groups in total. The zero-order valence-electron chi connectivity index (χ0n) is 14.8. The van der Waals surface area contributed by atoms with Gasteiger partial charge in [-0.15, -0.1) is 11.3 Å². The molecule has 1 aromatic heterocycles. The van der Waals surface area contributed by atoms with Gasteiger partial charge in [-0.05, 0) is 24.7 Å². The minimum Gasteiger partial charge on any atom is -0.465 e. The number of halogens is 5. The predicted molar refractivity (Wildman–Crippen MR) is 97.8 cm³/mol. The lowest BCUT2D eigenvalue weighted by molar-refractivity contribution is 0.0601. The first-order chi connectivity index (χ1) is 13.5. The van der Waals surface area contributed by atoms with Crippen LogP contribution in [0.15, 0.2) is 0 Å². The van der Waals surface area contributed by atoms with Crippen LogP contribution in [0, 0.1) is 36.0 Å². The van der Waals surface area contributed by atoms with Crippen LogP contribution in [0.5, 0.6) is 0 Å². The van der Waals surface area contributed by atoms with E-state index in [2.05, 4.69) is 14.8 Å². The van der Waals surface area contributed by atoms with Gasteiger partial charge < -0.3 is 20.1 Å². The quantitative estimate of drug-likeness (QED) is 0.237. The largest absolute Gasteiger partial charge is 0.465 e. The highest BCUT2D eigenvalue weighted by Gasteiger charge is 2.28. The lowest BCUT2D eigenvalue weighted by Crippen LogP contribution is -2.22. The molecule has 0 amide bonds. The summed E-state index contributed by atoms with van der Waals surface area (Å²) in [7, 11) is 2.19. The number of esters is 2. The number of carbonyl (C=O) groups excluding carboxylic acids is 2. The number of carbonyl (C=O) groups is 2. The van der Waals surface area contributed by atoms with E-state index >= 15 is 0 Å². The first-order valence-corrected chi connectivity index (χ1v) is 8.67. The fourth-order valence-corrected chi connectivity index (χ4v) is 3.59. The molecule has 13 heteroatoms. The third-order valence-corrected chi connectivity index (χ3v) is 4.97. The minimum atomic E-state index is -2.32. The van der Waals surface area contributed by atoms with Gasteiger partial charge in [0.2, 0.25) is 5.82 Å². The van der Waals surface area contributed by atoms with Crippen LogP contribution in [0.4, 0.5) is 32.6 Å². The summed E-state index contributed by atoms with van der Waals surface area (Å²) in [5.74, 6) is -12.5. The van der Waals surface area contributed by atoms with E-state index in [-0.39, 0.29) is 21.0 Å². The molecular formula is C16H11F5N2O4S2. The summed E-state index contributed by atoms with van der Waals surface area (Å²) >= 11 is 5.54. The summed E-state index contributed by atoms with van der Waals surface area (Å²) in [6.45, 7) is 1.42. The number of hydrogen-bond acceptors (Lipinski definition) is 6. The van der Waals surface area contributed by atoms with Crippen molar-refractivity contribution in [3.8, 4) is 0 Å². The number of ether oxygens (including phenoxy) is 2. The topological polar surface area (TPSA) is 76.7 Å². The molecule has 0 atom stereocenters. The average Bonchev–Trinajstić information content (AvgIpc) is 3.02. The number of anilines is 2. The molecule has 1 aromatic carbocycles. The Hall–Kier alpha value is -2.80. The van der Waals surface area contributed by atoms with Gasteiger partial charge in [0, 0.05) is 0 Å². The van der Waals surface area contributed by atoms with Gasteiger partial charge in [-0.25, -0.2) is 31.5 Å². The van der Waals surface area contributed by atoms with Gasteiger partial charge in [-0.2, -0.15) is 0 Å². The molecule has 2 rings (SSSR count). The second-order valence-corrected chi connectivity index (χ2v) is 6.70. The number of methoxy groups -OCH3 is 2. The summed E-state index contributed by atoms with van der Waals surface area (Å²) in [5, 5.41) is 3.55. The number of hydrogen-bond donors (Lipinski definition) is 2. The van der Waals surface area contributed by atoms with E-state index in [1.165, 1.54) is 6.92 Å². The molecule has 0 aliphatic carbocycles. The van der Waals surface area contributed by atoms with Crippen LogP contribution in [-0.4, -0.2) is 31.3 Å². The monoisotopic (exact) mass is 454 g/mol. The van der Waals surface area contributed by atoms with Crippen LogP contribution in [-0.2, 0) is 9.47 Å². The van der Waals surface area contributed by atoms with Gasteiger partial charge in [0.25, 0.3) is 0 Å². The van der Waals surface area contributed by atoms with Crippen LogP contribution in [0.25, 0.3) is 0 Å². The Labute approximate surface area is 169 Å². The maximum Gasteiger partial charge on any atom is 0.348 e. The van der Waals surface area contributed by atoms with Gasteiger partial charge in [0.05, 0.1) is 19.8 Å². The van der Waals surface area contributed by atoms with Crippen LogP contribution < -0.4 is 10.6 Å². The van der Waals surface area contributed by atoms with Crippen molar-refractivity contribution in [2.75, 3.05) is 24.9 Å². The van der Waals surface area contributed by atoms with Crippen molar-refractivity contribution in [2.24, 2.45) is 0 Å². The van der Waals surface area contributed by atoms with Crippen molar-refractivity contribution in [1.82, 2.24) is 0 Å².